The smallest absolute Gasteiger partial charge is 0.342 e. The van der Waals surface area contributed by atoms with Crippen molar-refractivity contribution in [2.75, 3.05) is 20.8 Å². The molecule has 0 amide bonds. The van der Waals surface area contributed by atoms with Gasteiger partial charge in [0.2, 0.25) is 0 Å². The third kappa shape index (κ3) is 4.58. The maximum absolute atomic E-state index is 13.5. The van der Waals surface area contributed by atoms with E-state index in [0.29, 0.717) is 40.0 Å². The highest BCUT2D eigenvalue weighted by Gasteiger charge is 2.34. The van der Waals surface area contributed by atoms with Gasteiger partial charge in [-0.15, -0.1) is 5.11 Å². The summed E-state index contributed by atoms with van der Waals surface area (Å²) in [6.45, 7) is 2.66. The van der Waals surface area contributed by atoms with Crippen LogP contribution in [0.5, 0.6) is 11.5 Å². The van der Waals surface area contributed by atoms with Crippen molar-refractivity contribution in [2.45, 2.75) is 19.9 Å². The van der Waals surface area contributed by atoms with Crippen molar-refractivity contribution in [3.8, 4) is 34.0 Å². The summed E-state index contributed by atoms with van der Waals surface area (Å²) in [6.07, 6.45) is 0.743. The second-order valence-corrected chi connectivity index (χ2v) is 8.89. The predicted molar refractivity (Wildman–Crippen MR) is 144 cm³/mol. The van der Waals surface area contributed by atoms with E-state index in [1.54, 1.807) is 45.4 Å². The number of methoxy groups -OCH3 is 2. The van der Waals surface area contributed by atoms with Crippen LogP contribution in [0.25, 0.3) is 22.5 Å². The van der Waals surface area contributed by atoms with Gasteiger partial charge in [-0.05, 0) is 55.3 Å². The van der Waals surface area contributed by atoms with Gasteiger partial charge in [0.1, 0.15) is 11.3 Å². The van der Waals surface area contributed by atoms with Crippen LogP contribution < -0.4 is 9.47 Å². The molecule has 0 N–H and O–H groups in total. The summed E-state index contributed by atoms with van der Waals surface area (Å²) in [6, 6.07) is 20.8. The molecule has 1 aliphatic heterocycles. The Morgan fingerprint density at radius 1 is 0.946 bits per heavy atom. The zero-order valence-electron chi connectivity index (χ0n) is 20.8. The topological polar surface area (TPSA) is 74.4 Å². The van der Waals surface area contributed by atoms with E-state index >= 15 is 0 Å². The molecule has 1 aromatic heterocycles. The molecule has 0 bridgehead atoms. The molecular weight excluding hydrogens is 490 g/mol. The standard InChI is InChI=1S/C29H26ClN3O4/c1-4-37-29(34)25-26(32-31-21-12-10-20(30)11-13-21)27(18-8-6-5-7-9-18)33-15-14-19-16-23(35-2)24(36-3)17-22(19)28(25)33/h5-13,16-17H,4,14-15H2,1-3H3. The van der Waals surface area contributed by atoms with Crippen LogP contribution in [0.3, 0.4) is 0 Å². The lowest BCUT2D eigenvalue weighted by Crippen LogP contribution is -2.15. The van der Waals surface area contributed by atoms with Crippen molar-refractivity contribution in [3.05, 3.63) is 82.9 Å². The molecule has 4 aromatic rings. The van der Waals surface area contributed by atoms with E-state index < -0.39 is 5.97 Å². The Morgan fingerprint density at radius 2 is 1.65 bits per heavy atom. The molecular formula is C29H26ClN3O4. The van der Waals surface area contributed by atoms with Gasteiger partial charge in [-0.2, -0.15) is 5.11 Å². The highest BCUT2D eigenvalue weighted by Crippen LogP contribution is 2.48. The number of benzene rings is 3. The summed E-state index contributed by atoms with van der Waals surface area (Å²) in [7, 11) is 3.21. The van der Waals surface area contributed by atoms with Gasteiger partial charge in [0.15, 0.2) is 11.5 Å². The fourth-order valence-corrected chi connectivity index (χ4v) is 4.81. The third-order valence-corrected chi connectivity index (χ3v) is 6.58. The molecule has 3 aromatic carbocycles. The Balaban J connectivity index is 1.82. The number of aryl methyl sites for hydroxylation is 1. The minimum atomic E-state index is -0.457. The van der Waals surface area contributed by atoms with Crippen molar-refractivity contribution >= 4 is 28.9 Å². The molecule has 37 heavy (non-hydrogen) atoms. The second kappa shape index (κ2) is 10.5. The van der Waals surface area contributed by atoms with E-state index in [-0.39, 0.29) is 6.61 Å². The van der Waals surface area contributed by atoms with Crippen LogP contribution in [0.2, 0.25) is 5.02 Å². The van der Waals surface area contributed by atoms with Gasteiger partial charge >= 0.3 is 5.97 Å². The molecule has 0 fully saturated rings. The molecule has 188 valence electrons. The number of ether oxygens (including phenoxy) is 3. The zero-order valence-corrected chi connectivity index (χ0v) is 21.6. The largest absolute Gasteiger partial charge is 0.493 e. The van der Waals surface area contributed by atoms with Gasteiger partial charge in [0.25, 0.3) is 0 Å². The SMILES string of the molecule is CCOC(=O)c1c(N=Nc2ccc(Cl)cc2)c(-c2ccccc2)n2c1-c1cc(OC)c(OC)cc1CC2. The molecule has 7 nitrogen and oxygen atoms in total. The normalized spacial score (nSPS) is 12.2. The predicted octanol–water partition coefficient (Wildman–Crippen LogP) is 7.64. The molecule has 8 heteroatoms. The monoisotopic (exact) mass is 515 g/mol. The first-order chi connectivity index (χ1) is 18.0. The van der Waals surface area contributed by atoms with Gasteiger partial charge in [0.05, 0.1) is 37.9 Å². The summed E-state index contributed by atoms with van der Waals surface area (Å²) in [5.41, 5.74) is 5.82. The molecule has 0 saturated heterocycles. The lowest BCUT2D eigenvalue weighted by molar-refractivity contribution is 0.0528. The molecule has 0 spiro atoms. The second-order valence-electron chi connectivity index (χ2n) is 8.45. The highest BCUT2D eigenvalue weighted by molar-refractivity contribution is 6.30. The van der Waals surface area contributed by atoms with Crippen molar-refractivity contribution in [2.24, 2.45) is 10.2 Å². The molecule has 0 radical (unpaired) electrons. The van der Waals surface area contributed by atoms with E-state index in [2.05, 4.69) is 14.8 Å². The highest BCUT2D eigenvalue weighted by atomic mass is 35.5. The van der Waals surface area contributed by atoms with E-state index in [4.69, 9.17) is 25.8 Å². The number of rotatable bonds is 7. The molecule has 0 unspecified atom stereocenters. The van der Waals surface area contributed by atoms with Crippen LogP contribution in [0, 0.1) is 0 Å². The van der Waals surface area contributed by atoms with E-state index in [0.717, 1.165) is 34.5 Å². The Hall–Kier alpha value is -4.10. The van der Waals surface area contributed by atoms with Crippen LogP contribution in [-0.2, 0) is 17.7 Å². The maximum atomic E-state index is 13.5. The number of esters is 1. The van der Waals surface area contributed by atoms with Crippen LogP contribution in [-0.4, -0.2) is 31.4 Å². The minimum Gasteiger partial charge on any atom is -0.493 e. The first kappa shape index (κ1) is 24.6. The number of carbonyl (C=O) groups is 1. The van der Waals surface area contributed by atoms with Gasteiger partial charge < -0.3 is 18.8 Å². The number of halogens is 1. The number of aromatic nitrogens is 1. The van der Waals surface area contributed by atoms with Crippen molar-refractivity contribution in [1.82, 2.24) is 4.57 Å². The maximum Gasteiger partial charge on any atom is 0.342 e. The Bertz CT molecular complexity index is 1480. The Morgan fingerprint density at radius 3 is 2.32 bits per heavy atom. The van der Waals surface area contributed by atoms with Gasteiger partial charge in [0, 0.05) is 22.7 Å². The van der Waals surface area contributed by atoms with Crippen molar-refractivity contribution in [1.29, 1.82) is 0 Å². The molecule has 5 rings (SSSR count). The average molecular weight is 516 g/mol. The number of nitrogens with zero attached hydrogens (tertiary/aromatic N) is 3. The zero-order chi connectivity index (χ0) is 25.9. The van der Waals surface area contributed by atoms with Crippen LogP contribution in [0.15, 0.2) is 77.0 Å². The fraction of sp³-hybridized carbons (Fsp3) is 0.207. The fourth-order valence-electron chi connectivity index (χ4n) is 4.69. The summed E-state index contributed by atoms with van der Waals surface area (Å²) in [4.78, 5) is 13.5. The first-order valence-corrected chi connectivity index (χ1v) is 12.3. The quantitative estimate of drug-likeness (QED) is 0.187. The summed E-state index contributed by atoms with van der Waals surface area (Å²) in [5, 5.41) is 9.72. The first-order valence-electron chi connectivity index (χ1n) is 12.0. The summed E-state index contributed by atoms with van der Waals surface area (Å²) < 4.78 is 18.8. The number of hydrogen-bond acceptors (Lipinski definition) is 6. The van der Waals surface area contributed by atoms with Crippen LogP contribution in [0.4, 0.5) is 11.4 Å². The molecule has 2 heterocycles. The average Bonchev–Trinajstić information content (AvgIpc) is 3.27. The van der Waals surface area contributed by atoms with Crippen molar-refractivity contribution < 1.29 is 19.0 Å². The Labute approximate surface area is 220 Å². The van der Waals surface area contributed by atoms with Gasteiger partial charge in [-0.1, -0.05) is 41.9 Å². The molecule has 0 saturated carbocycles. The van der Waals surface area contributed by atoms with Gasteiger partial charge in [-0.25, -0.2) is 4.79 Å². The van der Waals surface area contributed by atoms with Crippen LogP contribution in [0.1, 0.15) is 22.8 Å². The van der Waals surface area contributed by atoms with E-state index in [9.17, 15) is 4.79 Å². The number of hydrogen-bond donors (Lipinski definition) is 0. The number of fused-ring (bicyclic) bond motifs is 3. The number of azo groups is 1. The minimum absolute atomic E-state index is 0.233. The van der Waals surface area contributed by atoms with Gasteiger partial charge in [-0.3, -0.25) is 0 Å². The lowest BCUT2D eigenvalue weighted by Gasteiger charge is -2.23. The summed E-state index contributed by atoms with van der Waals surface area (Å²) >= 11 is 6.04. The van der Waals surface area contributed by atoms with Crippen molar-refractivity contribution in [3.63, 3.8) is 0 Å². The Kier molecular flexibility index (Phi) is 6.97. The number of carbonyl (C=O) groups excluding carboxylic acids is 1. The van der Waals surface area contributed by atoms with Crippen LogP contribution >= 0.6 is 11.6 Å². The molecule has 0 aliphatic carbocycles. The van der Waals surface area contributed by atoms with E-state index in [1.165, 1.54) is 0 Å². The molecule has 1 aliphatic rings. The van der Waals surface area contributed by atoms with E-state index in [1.807, 2.05) is 42.5 Å². The lowest BCUT2D eigenvalue weighted by atomic mass is 9.95. The summed E-state index contributed by atoms with van der Waals surface area (Å²) in [5.74, 6) is 0.766. The third-order valence-electron chi connectivity index (χ3n) is 6.33. The molecule has 0 atom stereocenters.